The standard InChI is InChI=1S/C22H25FN2O5S/c1-13(2)30-22(27)24-12-14(3)25(15(4)26)19-9-7-16(10-20(19)24)17-6-8-18(23)21(11-17)31(5,28)29/h6-11,13-14H,12H2,1-5H3. The molecule has 1 atom stereocenters. The third kappa shape index (κ3) is 4.56. The molecule has 0 aliphatic carbocycles. The molecule has 0 saturated heterocycles. The molecule has 1 aliphatic rings. The van der Waals surface area contributed by atoms with Crippen LogP contribution in [0.4, 0.5) is 20.6 Å². The fraction of sp³-hybridized carbons (Fsp3) is 0.364. The van der Waals surface area contributed by atoms with Crippen molar-refractivity contribution in [1.29, 1.82) is 0 Å². The van der Waals surface area contributed by atoms with E-state index in [2.05, 4.69) is 0 Å². The molecule has 2 aromatic carbocycles. The molecule has 3 rings (SSSR count). The highest BCUT2D eigenvalue weighted by Gasteiger charge is 2.35. The Kier molecular flexibility index (Phi) is 6.09. The SMILES string of the molecule is CC(=O)N1c2ccc(-c3ccc(F)c(S(C)(=O)=O)c3)cc2N(C(=O)OC(C)C)CC1C. The van der Waals surface area contributed by atoms with Gasteiger partial charge in [0.25, 0.3) is 0 Å². The number of carbonyl (C=O) groups is 2. The number of hydrogen-bond donors (Lipinski definition) is 0. The van der Waals surface area contributed by atoms with Crippen molar-refractivity contribution >= 4 is 33.2 Å². The molecule has 0 bridgehead atoms. The Hall–Kier alpha value is -2.94. The van der Waals surface area contributed by atoms with Crippen LogP contribution in [-0.2, 0) is 19.4 Å². The summed E-state index contributed by atoms with van der Waals surface area (Å²) in [5, 5.41) is 0. The lowest BCUT2D eigenvalue weighted by atomic mass is 10.0. The Balaban J connectivity index is 2.16. The van der Waals surface area contributed by atoms with Crippen molar-refractivity contribution in [2.75, 3.05) is 22.6 Å². The number of fused-ring (bicyclic) bond motifs is 1. The van der Waals surface area contributed by atoms with E-state index >= 15 is 0 Å². The fourth-order valence-electron chi connectivity index (χ4n) is 3.69. The normalized spacial score (nSPS) is 16.3. The Morgan fingerprint density at radius 3 is 2.29 bits per heavy atom. The summed E-state index contributed by atoms with van der Waals surface area (Å²) in [4.78, 5) is 27.7. The monoisotopic (exact) mass is 448 g/mol. The molecule has 166 valence electrons. The van der Waals surface area contributed by atoms with E-state index < -0.39 is 26.6 Å². The van der Waals surface area contributed by atoms with Gasteiger partial charge in [0.05, 0.1) is 23.5 Å². The molecule has 7 nitrogen and oxygen atoms in total. The van der Waals surface area contributed by atoms with Crippen molar-refractivity contribution in [3.63, 3.8) is 0 Å². The largest absolute Gasteiger partial charge is 0.446 e. The molecule has 1 aliphatic heterocycles. The molecule has 0 fully saturated rings. The van der Waals surface area contributed by atoms with Gasteiger partial charge in [0, 0.05) is 19.7 Å². The summed E-state index contributed by atoms with van der Waals surface area (Å²) < 4.78 is 43.2. The molecule has 0 N–H and O–H groups in total. The number of hydrogen-bond acceptors (Lipinski definition) is 5. The Labute approximate surface area is 181 Å². The van der Waals surface area contributed by atoms with E-state index in [1.54, 1.807) is 36.9 Å². The maximum Gasteiger partial charge on any atom is 0.414 e. The lowest BCUT2D eigenvalue weighted by Crippen LogP contribution is -2.51. The number of rotatable bonds is 3. The van der Waals surface area contributed by atoms with E-state index in [-0.39, 0.29) is 24.6 Å². The first-order chi connectivity index (χ1) is 14.4. The second-order valence-corrected chi connectivity index (χ2v) is 9.89. The third-order valence-corrected chi connectivity index (χ3v) is 6.09. The quantitative estimate of drug-likeness (QED) is 0.709. The summed E-state index contributed by atoms with van der Waals surface area (Å²) in [5.41, 5.74) is 2.04. The summed E-state index contributed by atoms with van der Waals surface area (Å²) in [7, 11) is -3.76. The fourth-order valence-corrected chi connectivity index (χ4v) is 4.45. The molecule has 0 spiro atoms. The zero-order valence-electron chi connectivity index (χ0n) is 18.0. The van der Waals surface area contributed by atoms with Crippen molar-refractivity contribution < 1.29 is 27.1 Å². The number of benzene rings is 2. The van der Waals surface area contributed by atoms with Gasteiger partial charge in [-0.05, 0) is 56.2 Å². The maximum absolute atomic E-state index is 14.0. The van der Waals surface area contributed by atoms with Crippen LogP contribution < -0.4 is 9.80 Å². The summed E-state index contributed by atoms with van der Waals surface area (Å²) in [6, 6.07) is 8.64. The minimum atomic E-state index is -3.76. The lowest BCUT2D eigenvalue weighted by molar-refractivity contribution is -0.117. The van der Waals surface area contributed by atoms with Crippen molar-refractivity contribution in [3.05, 3.63) is 42.2 Å². The highest BCUT2D eigenvalue weighted by molar-refractivity contribution is 7.90. The van der Waals surface area contributed by atoms with Crippen LogP contribution in [0.3, 0.4) is 0 Å². The number of anilines is 2. The van der Waals surface area contributed by atoms with Gasteiger partial charge in [0.1, 0.15) is 10.7 Å². The van der Waals surface area contributed by atoms with Gasteiger partial charge < -0.3 is 9.64 Å². The number of carbonyl (C=O) groups excluding carboxylic acids is 2. The highest BCUT2D eigenvalue weighted by atomic mass is 32.2. The van der Waals surface area contributed by atoms with E-state index in [9.17, 15) is 22.4 Å². The zero-order valence-corrected chi connectivity index (χ0v) is 18.9. The average molecular weight is 449 g/mol. The predicted octanol–water partition coefficient (Wildman–Crippen LogP) is 4.00. The van der Waals surface area contributed by atoms with Crippen LogP contribution in [0.25, 0.3) is 11.1 Å². The van der Waals surface area contributed by atoms with Crippen LogP contribution in [0.2, 0.25) is 0 Å². The van der Waals surface area contributed by atoms with Gasteiger partial charge in [0.2, 0.25) is 5.91 Å². The van der Waals surface area contributed by atoms with Crippen molar-refractivity contribution in [3.8, 4) is 11.1 Å². The summed E-state index contributed by atoms with van der Waals surface area (Å²) in [6.07, 6.45) is 0.0757. The molecule has 2 aromatic rings. The lowest BCUT2D eigenvalue weighted by Gasteiger charge is -2.40. The second-order valence-electron chi connectivity index (χ2n) is 7.90. The molecule has 9 heteroatoms. The minimum absolute atomic E-state index is 0.167. The summed E-state index contributed by atoms with van der Waals surface area (Å²) >= 11 is 0. The first kappa shape index (κ1) is 22.7. The van der Waals surface area contributed by atoms with Crippen LogP contribution in [0.15, 0.2) is 41.3 Å². The van der Waals surface area contributed by atoms with Gasteiger partial charge in [-0.25, -0.2) is 17.6 Å². The number of sulfone groups is 1. The second kappa shape index (κ2) is 8.30. The predicted molar refractivity (Wildman–Crippen MR) is 117 cm³/mol. The van der Waals surface area contributed by atoms with Gasteiger partial charge in [-0.15, -0.1) is 0 Å². The number of halogens is 1. The van der Waals surface area contributed by atoms with Gasteiger partial charge in [-0.2, -0.15) is 0 Å². The van der Waals surface area contributed by atoms with Crippen LogP contribution in [0.1, 0.15) is 27.7 Å². The van der Waals surface area contributed by atoms with E-state index in [1.807, 2.05) is 6.92 Å². The summed E-state index contributed by atoms with van der Waals surface area (Å²) in [5.74, 6) is -0.998. The van der Waals surface area contributed by atoms with Crippen molar-refractivity contribution in [2.45, 2.75) is 44.7 Å². The van der Waals surface area contributed by atoms with E-state index in [4.69, 9.17) is 4.74 Å². The van der Waals surface area contributed by atoms with Gasteiger partial charge in [0.15, 0.2) is 9.84 Å². The molecule has 2 amide bonds. The van der Waals surface area contributed by atoms with Gasteiger partial charge in [-0.1, -0.05) is 12.1 Å². The molecule has 1 heterocycles. The molecule has 0 radical (unpaired) electrons. The number of ether oxygens (including phenoxy) is 1. The summed E-state index contributed by atoms with van der Waals surface area (Å²) in [6.45, 7) is 7.02. The maximum atomic E-state index is 14.0. The topological polar surface area (TPSA) is 84.0 Å². The van der Waals surface area contributed by atoms with Crippen LogP contribution >= 0.6 is 0 Å². The first-order valence-corrected chi connectivity index (χ1v) is 11.7. The van der Waals surface area contributed by atoms with E-state index in [1.165, 1.54) is 24.0 Å². The van der Waals surface area contributed by atoms with Crippen molar-refractivity contribution in [2.24, 2.45) is 0 Å². The molecule has 1 unspecified atom stereocenters. The molecule has 0 saturated carbocycles. The average Bonchev–Trinajstić information content (AvgIpc) is 2.65. The molecular formula is C22H25FN2O5S. The van der Waals surface area contributed by atoms with Crippen molar-refractivity contribution in [1.82, 2.24) is 0 Å². The van der Waals surface area contributed by atoms with E-state index in [0.717, 1.165) is 12.3 Å². The first-order valence-electron chi connectivity index (χ1n) is 9.82. The molecule has 31 heavy (non-hydrogen) atoms. The smallest absolute Gasteiger partial charge is 0.414 e. The molecular weight excluding hydrogens is 423 g/mol. The van der Waals surface area contributed by atoms with Crippen LogP contribution in [0.5, 0.6) is 0 Å². The molecule has 0 aromatic heterocycles. The van der Waals surface area contributed by atoms with Gasteiger partial charge >= 0.3 is 6.09 Å². The van der Waals surface area contributed by atoms with Gasteiger partial charge in [-0.3, -0.25) is 9.69 Å². The zero-order chi connectivity index (χ0) is 23.1. The third-order valence-electron chi connectivity index (χ3n) is 4.97. The number of amides is 2. The Bertz CT molecular complexity index is 1150. The Morgan fingerprint density at radius 2 is 1.71 bits per heavy atom. The number of nitrogens with zero attached hydrogens (tertiary/aromatic N) is 2. The van der Waals surface area contributed by atoms with Crippen LogP contribution in [0, 0.1) is 5.82 Å². The van der Waals surface area contributed by atoms with Crippen LogP contribution in [-0.4, -0.2) is 45.4 Å². The van der Waals surface area contributed by atoms with E-state index in [0.29, 0.717) is 22.5 Å². The minimum Gasteiger partial charge on any atom is -0.446 e. The Morgan fingerprint density at radius 1 is 1.10 bits per heavy atom. The highest BCUT2D eigenvalue weighted by Crippen LogP contribution is 2.39.